The maximum absolute atomic E-state index is 13.7. The van der Waals surface area contributed by atoms with Gasteiger partial charge in [0.25, 0.3) is 0 Å². The lowest BCUT2D eigenvalue weighted by atomic mass is 10.2. The molecule has 0 aliphatic carbocycles. The molecule has 1 aromatic carbocycles. The monoisotopic (exact) mass is 308 g/mol. The fourth-order valence-electron chi connectivity index (χ4n) is 1.61. The van der Waals surface area contributed by atoms with E-state index in [-0.39, 0.29) is 17.6 Å². The topological polar surface area (TPSA) is 69.7 Å². The second-order valence-corrected chi connectivity index (χ2v) is 4.66. The molecule has 1 unspecified atom stereocenters. The van der Waals surface area contributed by atoms with Crippen LogP contribution in [0.3, 0.4) is 0 Å². The first kappa shape index (κ1) is 17.6. The smallest absolute Gasteiger partial charge is 0.352 e. The quantitative estimate of drug-likeness (QED) is 0.335. The van der Waals surface area contributed by atoms with Crippen LogP contribution in [0, 0.1) is 5.82 Å². The Hall–Kier alpha value is -2.50. The minimum Gasteiger partial charge on any atom is -0.447 e. The third kappa shape index (κ3) is 4.51. The zero-order chi connectivity index (χ0) is 16.7. The molecule has 1 rings (SSSR count). The normalized spacial score (nSPS) is 11.4. The zero-order valence-electron chi connectivity index (χ0n) is 12.4. The van der Waals surface area contributed by atoms with E-state index in [1.807, 2.05) is 0 Å². The van der Waals surface area contributed by atoms with Crippen molar-refractivity contribution in [3.63, 3.8) is 0 Å². The molecule has 0 amide bonds. The summed E-state index contributed by atoms with van der Waals surface area (Å²) in [7, 11) is 0. The van der Waals surface area contributed by atoms with Crippen LogP contribution in [0.4, 0.5) is 4.39 Å². The van der Waals surface area contributed by atoms with Gasteiger partial charge >= 0.3 is 11.9 Å². The van der Waals surface area contributed by atoms with Crippen LogP contribution in [0.2, 0.25) is 0 Å². The molecule has 6 heteroatoms. The second-order valence-electron chi connectivity index (χ2n) is 4.66. The van der Waals surface area contributed by atoms with Crippen molar-refractivity contribution < 1.29 is 28.2 Å². The van der Waals surface area contributed by atoms with E-state index in [0.717, 1.165) is 6.07 Å². The Labute approximate surface area is 127 Å². The highest BCUT2D eigenvalue weighted by Crippen LogP contribution is 2.22. The van der Waals surface area contributed by atoms with E-state index in [9.17, 15) is 18.8 Å². The van der Waals surface area contributed by atoms with E-state index in [4.69, 9.17) is 9.47 Å². The molecule has 0 bridgehead atoms. The third-order valence-electron chi connectivity index (χ3n) is 2.74. The summed E-state index contributed by atoms with van der Waals surface area (Å²) in [5.41, 5.74) is 0.0307. The molecular formula is C16H17FO5. The van der Waals surface area contributed by atoms with Gasteiger partial charge < -0.3 is 9.47 Å². The van der Waals surface area contributed by atoms with E-state index in [1.54, 1.807) is 6.92 Å². The number of aldehydes is 1. The van der Waals surface area contributed by atoms with Gasteiger partial charge in [-0.3, -0.25) is 4.79 Å². The van der Waals surface area contributed by atoms with Crippen LogP contribution < -0.4 is 4.74 Å². The average Bonchev–Trinajstić information content (AvgIpc) is 2.48. The van der Waals surface area contributed by atoms with E-state index in [2.05, 4.69) is 6.58 Å². The van der Waals surface area contributed by atoms with Gasteiger partial charge in [0.05, 0.1) is 5.56 Å². The lowest BCUT2D eigenvalue weighted by molar-refractivity contribution is -0.160. The lowest BCUT2D eigenvalue weighted by Crippen LogP contribution is -2.31. The summed E-state index contributed by atoms with van der Waals surface area (Å²) >= 11 is 0. The summed E-state index contributed by atoms with van der Waals surface area (Å²) in [4.78, 5) is 34.5. The maximum Gasteiger partial charge on any atom is 0.352 e. The highest BCUT2D eigenvalue weighted by Gasteiger charge is 2.26. The summed E-state index contributed by atoms with van der Waals surface area (Å²) in [6.07, 6.45) is -0.0576. The van der Waals surface area contributed by atoms with Crippen molar-refractivity contribution >= 4 is 18.2 Å². The molecule has 0 radical (unpaired) electrons. The predicted molar refractivity (Wildman–Crippen MR) is 77.0 cm³/mol. The van der Waals surface area contributed by atoms with Crippen molar-refractivity contribution in [3.05, 3.63) is 41.7 Å². The summed E-state index contributed by atoms with van der Waals surface area (Å²) in [5, 5.41) is 0. The average molecular weight is 308 g/mol. The van der Waals surface area contributed by atoms with Gasteiger partial charge in [0.2, 0.25) is 0 Å². The summed E-state index contributed by atoms with van der Waals surface area (Å²) in [6.45, 7) is 6.65. The van der Waals surface area contributed by atoms with Gasteiger partial charge in [-0.1, -0.05) is 26.0 Å². The molecule has 0 aromatic heterocycles. The van der Waals surface area contributed by atoms with Gasteiger partial charge in [0.15, 0.2) is 24.0 Å². The Balaban J connectivity index is 2.94. The Morgan fingerprint density at radius 2 is 2.09 bits per heavy atom. The molecule has 1 aromatic rings. The molecule has 0 saturated carbocycles. The van der Waals surface area contributed by atoms with Crippen molar-refractivity contribution in [1.29, 1.82) is 0 Å². The molecule has 0 aliphatic rings. The van der Waals surface area contributed by atoms with Gasteiger partial charge in [0, 0.05) is 5.57 Å². The van der Waals surface area contributed by atoms with Gasteiger partial charge in [0.1, 0.15) is 0 Å². The SMILES string of the molecule is C=C(C)C(=O)OC(CCC)C(=O)Oc1c(F)cccc1C=O. The van der Waals surface area contributed by atoms with Gasteiger partial charge in [-0.2, -0.15) is 0 Å². The molecule has 0 saturated heterocycles. The predicted octanol–water partition coefficient (Wildman–Crippen LogP) is 2.83. The van der Waals surface area contributed by atoms with Crippen LogP contribution in [-0.2, 0) is 14.3 Å². The Morgan fingerprint density at radius 1 is 1.41 bits per heavy atom. The number of para-hydroxylation sites is 1. The first-order chi connectivity index (χ1) is 10.4. The Morgan fingerprint density at radius 3 is 2.64 bits per heavy atom. The zero-order valence-corrected chi connectivity index (χ0v) is 12.4. The standard InChI is InChI=1S/C16H17FO5/c1-4-6-13(21-15(19)10(2)3)16(20)22-14-11(9-18)7-5-8-12(14)17/h5,7-9,13H,2,4,6H2,1,3H3. The number of benzene rings is 1. The van der Waals surface area contributed by atoms with Crippen molar-refractivity contribution in [2.75, 3.05) is 0 Å². The molecule has 0 fully saturated rings. The van der Waals surface area contributed by atoms with Crippen LogP contribution in [-0.4, -0.2) is 24.3 Å². The van der Waals surface area contributed by atoms with Gasteiger partial charge in [-0.25, -0.2) is 14.0 Å². The van der Waals surface area contributed by atoms with Crippen molar-refractivity contribution in [2.45, 2.75) is 32.8 Å². The van der Waals surface area contributed by atoms with E-state index < -0.39 is 29.6 Å². The second kappa shape index (κ2) is 8.07. The molecule has 0 spiro atoms. The van der Waals surface area contributed by atoms with Crippen LogP contribution in [0.5, 0.6) is 5.75 Å². The Bertz CT molecular complexity index is 594. The first-order valence-electron chi connectivity index (χ1n) is 6.72. The van der Waals surface area contributed by atoms with E-state index in [1.165, 1.54) is 19.1 Å². The van der Waals surface area contributed by atoms with Crippen LogP contribution in [0.15, 0.2) is 30.4 Å². The van der Waals surface area contributed by atoms with Gasteiger partial charge in [-0.05, 0) is 25.5 Å². The fourth-order valence-corrected chi connectivity index (χ4v) is 1.61. The van der Waals surface area contributed by atoms with Crippen LogP contribution in [0.1, 0.15) is 37.0 Å². The molecular weight excluding hydrogens is 291 g/mol. The minimum atomic E-state index is -1.19. The summed E-state index contributed by atoms with van der Waals surface area (Å²) in [5.74, 6) is -3.00. The van der Waals surface area contributed by atoms with E-state index in [0.29, 0.717) is 12.7 Å². The number of hydrogen-bond donors (Lipinski definition) is 0. The minimum absolute atomic E-state index is 0.102. The third-order valence-corrected chi connectivity index (χ3v) is 2.74. The Kier molecular flexibility index (Phi) is 6.44. The number of halogens is 1. The molecule has 0 N–H and O–H groups in total. The van der Waals surface area contributed by atoms with E-state index >= 15 is 0 Å². The van der Waals surface area contributed by atoms with Crippen LogP contribution in [0.25, 0.3) is 0 Å². The molecule has 118 valence electrons. The maximum atomic E-state index is 13.7. The molecule has 22 heavy (non-hydrogen) atoms. The number of carbonyl (C=O) groups is 3. The lowest BCUT2D eigenvalue weighted by Gasteiger charge is -2.16. The number of ether oxygens (including phenoxy) is 2. The van der Waals surface area contributed by atoms with Crippen molar-refractivity contribution in [1.82, 2.24) is 0 Å². The highest BCUT2D eigenvalue weighted by molar-refractivity contribution is 5.90. The van der Waals surface area contributed by atoms with Crippen molar-refractivity contribution in [3.8, 4) is 5.75 Å². The molecule has 0 heterocycles. The van der Waals surface area contributed by atoms with Gasteiger partial charge in [-0.15, -0.1) is 0 Å². The molecule has 0 aliphatic heterocycles. The summed E-state index contributed by atoms with van der Waals surface area (Å²) in [6, 6.07) is 3.69. The number of rotatable bonds is 7. The molecule has 1 atom stereocenters. The number of esters is 2. The number of carbonyl (C=O) groups excluding carboxylic acids is 3. The van der Waals surface area contributed by atoms with Crippen molar-refractivity contribution in [2.24, 2.45) is 0 Å². The first-order valence-corrected chi connectivity index (χ1v) is 6.72. The molecule has 5 nitrogen and oxygen atoms in total. The highest BCUT2D eigenvalue weighted by atomic mass is 19.1. The van der Waals surface area contributed by atoms with Crippen LogP contribution >= 0.6 is 0 Å². The largest absolute Gasteiger partial charge is 0.447 e. The number of hydrogen-bond acceptors (Lipinski definition) is 5. The summed E-state index contributed by atoms with van der Waals surface area (Å²) < 4.78 is 23.6. The fraction of sp³-hybridized carbons (Fsp3) is 0.312.